The summed E-state index contributed by atoms with van der Waals surface area (Å²) in [6, 6.07) is 13.1. The smallest absolute Gasteiger partial charge is 0.00485 e. The third-order valence-electron chi connectivity index (χ3n) is 3.33. The SMILES string of the molecule is CNCC(Cc1cccs1)Cc1ccccc1C. The zero-order valence-electron chi connectivity index (χ0n) is 11.1. The number of thiophene rings is 1. The summed E-state index contributed by atoms with van der Waals surface area (Å²) in [6.07, 6.45) is 2.33. The molecule has 96 valence electrons. The quantitative estimate of drug-likeness (QED) is 0.834. The molecule has 1 aromatic carbocycles. The first kappa shape index (κ1) is 13.3. The molecule has 2 rings (SSSR count). The highest BCUT2D eigenvalue weighted by Gasteiger charge is 2.11. The largest absolute Gasteiger partial charge is 0.319 e. The molecule has 0 saturated heterocycles. The summed E-state index contributed by atoms with van der Waals surface area (Å²) in [7, 11) is 2.04. The zero-order valence-corrected chi connectivity index (χ0v) is 12.0. The average Bonchev–Trinajstić information content (AvgIpc) is 2.85. The molecule has 0 aliphatic heterocycles. The highest BCUT2D eigenvalue weighted by Crippen LogP contribution is 2.19. The average molecular weight is 259 g/mol. The molecule has 2 heteroatoms. The van der Waals surface area contributed by atoms with Gasteiger partial charge in [-0.15, -0.1) is 11.3 Å². The van der Waals surface area contributed by atoms with Crippen molar-refractivity contribution >= 4 is 11.3 Å². The van der Waals surface area contributed by atoms with Crippen molar-refractivity contribution in [3.63, 3.8) is 0 Å². The minimum Gasteiger partial charge on any atom is -0.319 e. The first-order chi connectivity index (χ1) is 8.79. The van der Waals surface area contributed by atoms with Gasteiger partial charge in [-0.3, -0.25) is 0 Å². The van der Waals surface area contributed by atoms with Crippen LogP contribution in [0.3, 0.4) is 0 Å². The van der Waals surface area contributed by atoms with Crippen LogP contribution in [-0.2, 0) is 12.8 Å². The van der Waals surface area contributed by atoms with Gasteiger partial charge in [0, 0.05) is 4.88 Å². The second kappa shape index (κ2) is 6.72. The molecule has 0 bridgehead atoms. The van der Waals surface area contributed by atoms with Crippen LogP contribution in [0.15, 0.2) is 41.8 Å². The van der Waals surface area contributed by atoms with E-state index in [2.05, 4.69) is 54.0 Å². The van der Waals surface area contributed by atoms with Crippen LogP contribution in [0.25, 0.3) is 0 Å². The van der Waals surface area contributed by atoms with Gasteiger partial charge in [0.15, 0.2) is 0 Å². The summed E-state index contributed by atoms with van der Waals surface area (Å²) in [5.41, 5.74) is 2.89. The van der Waals surface area contributed by atoms with Gasteiger partial charge < -0.3 is 5.32 Å². The van der Waals surface area contributed by atoms with Crippen LogP contribution < -0.4 is 5.32 Å². The molecule has 1 heterocycles. The highest BCUT2D eigenvalue weighted by molar-refractivity contribution is 7.09. The molecule has 1 unspecified atom stereocenters. The minimum absolute atomic E-state index is 0.676. The third-order valence-corrected chi connectivity index (χ3v) is 4.23. The van der Waals surface area contributed by atoms with E-state index >= 15 is 0 Å². The van der Waals surface area contributed by atoms with Gasteiger partial charge in [-0.25, -0.2) is 0 Å². The van der Waals surface area contributed by atoms with Crippen LogP contribution in [-0.4, -0.2) is 13.6 Å². The number of rotatable bonds is 6. The lowest BCUT2D eigenvalue weighted by molar-refractivity contribution is 0.495. The Morgan fingerprint density at radius 1 is 1.11 bits per heavy atom. The van der Waals surface area contributed by atoms with Crippen LogP contribution >= 0.6 is 11.3 Å². The van der Waals surface area contributed by atoms with Crippen molar-refractivity contribution in [2.24, 2.45) is 5.92 Å². The summed E-state index contributed by atoms with van der Waals surface area (Å²) in [4.78, 5) is 1.49. The van der Waals surface area contributed by atoms with Gasteiger partial charge in [-0.2, -0.15) is 0 Å². The number of benzene rings is 1. The van der Waals surface area contributed by atoms with E-state index in [0.29, 0.717) is 5.92 Å². The fourth-order valence-electron chi connectivity index (χ4n) is 2.37. The molecule has 18 heavy (non-hydrogen) atoms. The number of hydrogen-bond donors (Lipinski definition) is 1. The molecule has 0 fully saturated rings. The van der Waals surface area contributed by atoms with Crippen LogP contribution in [0, 0.1) is 12.8 Å². The molecule has 0 spiro atoms. The van der Waals surface area contributed by atoms with Gasteiger partial charge in [0.25, 0.3) is 0 Å². The number of hydrogen-bond acceptors (Lipinski definition) is 2. The molecule has 0 aliphatic rings. The standard InChI is InChI=1S/C16H21NS/c1-13-6-3-4-7-15(13)10-14(12-17-2)11-16-8-5-9-18-16/h3-9,14,17H,10-12H2,1-2H3. The zero-order chi connectivity index (χ0) is 12.8. The van der Waals surface area contributed by atoms with Crippen LogP contribution in [0.5, 0.6) is 0 Å². The maximum absolute atomic E-state index is 3.32. The predicted molar refractivity (Wildman–Crippen MR) is 80.3 cm³/mol. The highest BCUT2D eigenvalue weighted by atomic mass is 32.1. The summed E-state index contributed by atoms with van der Waals surface area (Å²) in [5.74, 6) is 0.676. The number of aryl methyl sites for hydroxylation is 1. The Hall–Kier alpha value is -1.12. The van der Waals surface area contributed by atoms with Crippen LogP contribution in [0.4, 0.5) is 0 Å². The Bertz CT molecular complexity index is 462. The van der Waals surface area contributed by atoms with E-state index in [1.54, 1.807) is 0 Å². The second-order valence-corrected chi connectivity index (χ2v) is 5.87. The van der Waals surface area contributed by atoms with Gasteiger partial charge in [0.05, 0.1) is 0 Å². The van der Waals surface area contributed by atoms with Gasteiger partial charge >= 0.3 is 0 Å². The van der Waals surface area contributed by atoms with Crippen molar-refractivity contribution in [2.75, 3.05) is 13.6 Å². The molecule has 0 radical (unpaired) electrons. The number of nitrogens with one attached hydrogen (secondary N) is 1. The lowest BCUT2D eigenvalue weighted by atomic mass is 9.93. The van der Waals surface area contributed by atoms with E-state index in [-0.39, 0.29) is 0 Å². The Balaban J connectivity index is 2.04. The lowest BCUT2D eigenvalue weighted by Crippen LogP contribution is -2.22. The normalized spacial score (nSPS) is 12.6. The maximum Gasteiger partial charge on any atom is 0.00485 e. The lowest BCUT2D eigenvalue weighted by Gasteiger charge is -2.17. The van der Waals surface area contributed by atoms with Crippen molar-refractivity contribution in [1.29, 1.82) is 0 Å². The van der Waals surface area contributed by atoms with Gasteiger partial charge in [0.2, 0.25) is 0 Å². The summed E-state index contributed by atoms with van der Waals surface area (Å²) >= 11 is 1.86. The van der Waals surface area contributed by atoms with Gasteiger partial charge in [-0.05, 0) is 61.8 Å². The summed E-state index contributed by atoms with van der Waals surface area (Å²) in [5, 5.41) is 5.49. The summed E-state index contributed by atoms with van der Waals surface area (Å²) < 4.78 is 0. The topological polar surface area (TPSA) is 12.0 Å². The maximum atomic E-state index is 3.32. The Labute approximate surface area is 114 Å². The molecular formula is C16H21NS. The summed E-state index contributed by atoms with van der Waals surface area (Å²) in [6.45, 7) is 3.28. The Kier molecular flexibility index (Phi) is 4.97. The van der Waals surface area contributed by atoms with Gasteiger partial charge in [-0.1, -0.05) is 30.3 Å². The van der Waals surface area contributed by atoms with E-state index in [0.717, 1.165) is 13.0 Å². The van der Waals surface area contributed by atoms with E-state index < -0.39 is 0 Å². The third kappa shape index (κ3) is 3.69. The molecule has 0 amide bonds. The molecule has 0 aliphatic carbocycles. The van der Waals surface area contributed by atoms with E-state index in [9.17, 15) is 0 Å². The van der Waals surface area contributed by atoms with Crippen LogP contribution in [0.1, 0.15) is 16.0 Å². The second-order valence-electron chi connectivity index (χ2n) is 4.84. The van der Waals surface area contributed by atoms with E-state index in [1.807, 2.05) is 18.4 Å². The first-order valence-corrected chi connectivity index (χ1v) is 7.39. The van der Waals surface area contributed by atoms with Crippen molar-refractivity contribution in [3.8, 4) is 0 Å². The van der Waals surface area contributed by atoms with Crippen molar-refractivity contribution in [2.45, 2.75) is 19.8 Å². The molecule has 1 aromatic heterocycles. The fourth-order valence-corrected chi connectivity index (χ4v) is 3.19. The molecule has 1 N–H and O–H groups in total. The minimum atomic E-state index is 0.676. The van der Waals surface area contributed by atoms with E-state index in [4.69, 9.17) is 0 Å². The molecule has 1 nitrogen and oxygen atoms in total. The van der Waals surface area contributed by atoms with Crippen molar-refractivity contribution < 1.29 is 0 Å². The van der Waals surface area contributed by atoms with Gasteiger partial charge in [0.1, 0.15) is 0 Å². The van der Waals surface area contributed by atoms with Crippen molar-refractivity contribution in [3.05, 3.63) is 57.8 Å². The Morgan fingerprint density at radius 3 is 2.61 bits per heavy atom. The Morgan fingerprint density at radius 2 is 1.94 bits per heavy atom. The van der Waals surface area contributed by atoms with E-state index in [1.165, 1.54) is 22.4 Å². The fraction of sp³-hybridized carbons (Fsp3) is 0.375. The molecule has 2 aromatic rings. The first-order valence-electron chi connectivity index (χ1n) is 6.51. The molecular weight excluding hydrogens is 238 g/mol. The molecule has 0 saturated carbocycles. The monoisotopic (exact) mass is 259 g/mol. The van der Waals surface area contributed by atoms with Crippen molar-refractivity contribution in [1.82, 2.24) is 5.32 Å². The van der Waals surface area contributed by atoms with Crippen LogP contribution in [0.2, 0.25) is 0 Å². The predicted octanol–water partition coefficient (Wildman–Crippen LogP) is 3.68. The molecule has 1 atom stereocenters.